The van der Waals surface area contributed by atoms with Crippen molar-refractivity contribution in [3.8, 4) is 11.5 Å². The van der Waals surface area contributed by atoms with E-state index in [9.17, 15) is 0 Å². The number of para-hydroxylation sites is 2. The smallest absolute Gasteiger partial charge is 0.161 e. The third-order valence-electron chi connectivity index (χ3n) is 3.35. The topological polar surface area (TPSA) is 30.5 Å². The molecule has 1 atom stereocenters. The van der Waals surface area contributed by atoms with Crippen LogP contribution in [0.4, 0.5) is 0 Å². The Labute approximate surface area is 123 Å². The predicted octanol–water partition coefficient (Wildman–Crippen LogP) is 3.88. The highest BCUT2D eigenvalue weighted by Crippen LogP contribution is 2.26. The van der Waals surface area contributed by atoms with Crippen LogP contribution in [0, 0.1) is 5.92 Å². The summed E-state index contributed by atoms with van der Waals surface area (Å²) < 4.78 is 11.1. The van der Waals surface area contributed by atoms with Crippen molar-refractivity contribution in [3.63, 3.8) is 0 Å². The molecule has 3 nitrogen and oxygen atoms in total. The number of hydrogen-bond acceptors (Lipinski definition) is 3. The molecule has 0 aromatic heterocycles. The third kappa shape index (κ3) is 6.29. The fourth-order valence-electron chi connectivity index (χ4n) is 1.97. The lowest BCUT2D eigenvalue weighted by Crippen LogP contribution is -2.39. The number of rotatable bonds is 8. The summed E-state index contributed by atoms with van der Waals surface area (Å²) in [5.74, 6) is 2.27. The van der Waals surface area contributed by atoms with Gasteiger partial charge < -0.3 is 14.8 Å². The summed E-state index contributed by atoms with van der Waals surface area (Å²) in [4.78, 5) is 0. The maximum absolute atomic E-state index is 5.84. The lowest BCUT2D eigenvalue weighted by atomic mass is 10.0. The number of methoxy groups -OCH3 is 1. The molecule has 1 aromatic rings. The van der Waals surface area contributed by atoms with Gasteiger partial charge in [0.25, 0.3) is 0 Å². The SMILES string of the molecule is CCC(CCOc1ccccc1OC)CNC(C)(C)C. The normalized spacial score (nSPS) is 13.1. The van der Waals surface area contributed by atoms with Crippen molar-refractivity contribution >= 4 is 0 Å². The van der Waals surface area contributed by atoms with Crippen LogP contribution in [-0.4, -0.2) is 25.8 Å². The monoisotopic (exact) mass is 279 g/mol. The third-order valence-corrected chi connectivity index (χ3v) is 3.35. The van der Waals surface area contributed by atoms with Crippen LogP contribution in [0.3, 0.4) is 0 Å². The fraction of sp³-hybridized carbons (Fsp3) is 0.647. The highest BCUT2D eigenvalue weighted by molar-refractivity contribution is 5.39. The molecule has 0 bridgehead atoms. The second-order valence-corrected chi connectivity index (χ2v) is 6.19. The van der Waals surface area contributed by atoms with Crippen molar-refractivity contribution in [1.82, 2.24) is 5.32 Å². The Kier molecular flexibility index (Phi) is 6.86. The largest absolute Gasteiger partial charge is 0.493 e. The van der Waals surface area contributed by atoms with Gasteiger partial charge in [0.1, 0.15) is 0 Å². The van der Waals surface area contributed by atoms with Gasteiger partial charge in [-0.25, -0.2) is 0 Å². The van der Waals surface area contributed by atoms with E-state index >= 15 is 0 Å². The molecule has 0 spiro atoms. The first-order valence-corrected chi connectivity index (χ1v) is 7.47. The summed E-state index contributed by atoms with van der Waals surface area (Å²) in [5, 5.41) is 3.56. The number of ether oxygens (including phenoxy) is 2. The molecule has 0 radical (unpaired) electrons. The van der Waals surface area contributed by atoms with E-state index in [1.165, 1.54) is 6.42 Å². The van der Waals surface area contributed by atoms with E-state index in [1.807, 2.05) is 24.3 Å². The van der Waals surface area contributed by atoms with Gasteiger partial charge in [-0.2, -0.15) is 0 Å². The zero-order valence-corrected chi connectivity index (χ0v) is 13.5. The average molecular weight is 279 g/mol. The van der Waals surface area contributed by atoms with Crippen LogP contribution in [0.15, 0.2) is 24.3 Å². The maximum Gasteiger partial charge on any atom is 0.161 e. The minimum Gasteiger partial charge on any atom is -0.493 e. The molecule has 0 saturated heterocycles. The summed E-state index contributed by atoms with van der Waals surface area (Å²) in [6.07, 6.45) is 2.22. The summed E-state index contributed by atoms with van der Waals surface area (Å²) in [7, 11) is 1.67. The van der Waals surface area contributed by atoms with Crippen LogP contribution in [0.2, 0.25) is 0 Å². The van der Waals surface area contributed by atoms with Gasteiger partial charge in [0, 0.05) is 5.54 Å². The fourth-order valence-corrected chi connectivity index (χ4v) is 1.97. The van der Waals surface area contributed by atoms with Crippen LogP contribution >= 0.6 is 0 Å². The predicted molar refractivity (Wildman–Crippen MR) is 84.6 cm³/mol. The standard InChI is InChI=1S/C17H29NO2/c1-6-14(13-18-17(2,3)4)11-12-20-16-10-8-7-9-15(16)19-5/h7-10,14,18H,6,11-13H2,1-5H3. The van der Waals surface area contributed by atoms with Crippen LogP contribution < -0.4 is 14.8 Å². The van der Waals surface area contributed by atoms with E-state index < -0.39 is 0 Å². The van der Waals surface area contributed by atoms with Crippen molar-refractivity contribution in [1.29, 1.82) is 0 Å². The molecule has 0 amide bonds. The Morgan fingerprint density at radius 3 is 2.35 bits per heavy atom. The Bertz CT molecular complexity index is 385. The maximum atomic E-state index is 5.84. The lowest BCUT2D eigenvalue weighted by Gasteiger charge is -2.24. The first kappa shape index (κ1) is 16.8. The van der Waals surface area contributed by atoms with E-state index in [-0.39, 0.29) is 5.54 Å². The van der Waals surface area contributed by atoms with Crippen LogP contribution in [0.1, 0.15) is 40.5 Å². The van der Waals surface area contributed by atoms with Gasteiger partial charge >= 0.3 is 0 Å². The van der Waals surface area contributed by atoms with Gasteiger partial charge in [-0.1, -0.05) is 25.5 Å². The molecular formula is C17H29NO2. The van der Waals surface area contributed by atoms with Crippen LogP contribution in [0.25, 0.3) is 0 Å². The molecule has 1 aromatic carbocycles. The Balaban J connectivity index is 2.37. The van der Waals surface area contributed by atoms with Crippen LogP contribution in [0.5, 0.6) is 11.5 Å². The Hall–Kier alpha value is -1.22. The van der Waals surface area contributed by atoms with E-state index in [4.69, 9.17) is 9.47 Å². The minimum atomic E-state index is 0.178. The highest BCUT2D eigenvalue weighted by Gasteiger charge is 2.13. The molecule has 0 aliphatic carbocycles. The second-order valence-electron chi connectivity index (χ2n) is 6.19. The molecule has 1 rings (SSSR count). The molecule has 0 heterocycles. The summed E-state index contributed by atoms with van der Waals surface area (Å²) in [6.45, 7) is 10.6. The minimum absolute atomic E-state index is 0.178. The van der Waals surface area contributed by atoms with E-state index in [2.05, 4.69) is 33.0 Å². The van der Waals surface area contributed by atoms with Crippen LogP contribution in [-0.2, 0) is 0 Å². The number of benzene rings is 1. The van der Waals surface area contributed by atoms with Crippen molar-refractivity contribution < 1.29 is 9.47 Å². The summed E-state index contributed by atoms with van der Waals surface area (Å²) >= 11 is 0. The molecule has 1 unspecified atom stereocenters. The number of nitrogens with one attached hydrogen (secondary N) is 1. The second kappa shape index (κ2) is 8.15. The summed E-state index contributed by atoms with van der Waals surface area (Å²) in [6, 6.07) is 7.80. The number of hydrogen-bond donors (Lipinski definition) is 1. The van der Waals surface area contributed by atoms with Crippen molar-refractivity contribution in [3.05, 3.63) is 24.3 Å². The first-order chi connectivity index (χ1) is 9.46. The van der Waals surface area contributed by atoms with E-state index in [0.717, 1.165) is 31.1 Å². The average Bonchev–Trinajstić information content (AvgIpc) is 2.42. The molecule has 0 aliphatic rings. The molecule has 20 heavy (non-hydrogen) atoms. The van der Waals surface area contributed by atoms with Crippen molar-refractivity contribution in [2.45, 2.75) is 46.1 Å². The Morgan fingerprint density at radius 2 is 1.80 bits per heavy atom. The highest BCUT2D eigenvalue weighted by atomic mass is 16.5. The lowest BCUT2D eigenvalue weighted by molar-refractivity contribution is 0.251. The van der Waals surface area contributed by atoms with E-state index in [1.54, 1.807) is 7.11 Å². The summed E-state index contributed by atoms with van der Waals surface area (Å²) in [5.41, 5.74) is 0.178. The van der Waals surface area contributed by atoms with Gasteiger partial charge in [0.05, 0.1) is 13.7 Å². The van der Waals surface area contributed by atoms with Gasteiger partial charge in [-0.05, 0) is 51.8 Å². The van der Waals surface area contributed by atoms with Gasteiger partial charge in [0.15, 0.2) is 11.5 Å². The quantitative estimate of drug-likeness (QED) is 0.783. The first-order valence-electron chi connectivity index (χ1n) is 7.47. The van der Waals surface area contributed by atoms with Crippen molar-refractivity contribution in [2.75, 3.05) is 20.3 Å². The molecule has 0 fully saturated rings. The molecule has 1 N–H and O–H groups in total. The molecule has 0 saturated carbocycles. The van der Waals surface area contributed by atoms with Gasteiger partial charge in [0.2, 0.25) is 0 Å². The Morgan fingerprint density at radius 1 is 1.15 bits per heavy atom. The van der Waals surface area contributed by atoms with Crippen molar-refractivity contribution in [2.24, 2.45) is 5.92 Å². The zero-order chi connectivity index (χ0) is 15.0. The van der Waals surface area contributed by atoms with Gasteiger partial charge in [-0.3, -0.25) is 0 Å². The molecular weight excluding hydrogens is 250 g/mol. The van der Waals surface area contributed by atoms with Gasteiger partial charge in [-0.15, -0.1) is 0 Å². The zero-order valence-electron chi connectivity index (χ0n) is 13.5. The molecule has 114 valence electrons. The molecule has 0 aliphatic heterocycles. The molecule has 3 heteroatoms. The van der Waals surface area contributed by atoms with E-state index in [0.29, 0.717) is 5.92 Å².